The van der Waals surface area contributed by atoms with Crippen molar-refractivity contribution in [3.05, 3.63) is 59.5 Å². The zero-order chi connectivity index (χ0) is 23.4. The van der Waals surface area contributed by atoms with Crippen LogP contribution < -0.4 is 5.56 Å². The van der Waals surface area contributed by atoms with Gasteiger partial charge in [0, 0.05) is 69.0 Å². The summed E-state index contributed by atoms with van der Waals surface area (Å²) >= 11 is 0. The van der Waals surface area contributed by atoms with Crippen molar-refractivity contribution in [2.45, 2.75) is 12.0 Å². The van der Waals surface area contributed by atoms with Crippen LogP contribution >= 0.6 is 0 Å². The van der Waals surface area contributed by atoms with E-state index < -0.39 is 22.2 Å². The zero-order valence-corrected chi connectivity index (χ0v) is 18.9. The largest absolute Gasteiger partial charge is 0.319 e. The van der Waals surface area contributed by atoms with Gasteiger partial charge in [0.05, 0.1) is 35.9 Å². The molecule has 172 valence electrons. The Labute approximate surface area is 189 Å². The number of halogens is 1. The number of nitrogens with zero attached hydrogens (tertiary/aromatic N) is 7. The van der Waals surface area contributed by atoms with Crippen molar-refractivity contribution in [3.63, 3.8) is 0 Å². The Morgan fingerprint density at radius 1 is 1.18 bits per heavy atom. The summed E-state index contributed by atoms with van der Waals surface area (Å²) in [6.45, 7) is -0.258. The van der Waals surface area contributed by atoms with Gasteiger partial charge in [0.2, 0.25) is 10.0 Å². The third kappa shape index (κ3) is 3.64. The molecular formula is C21H22FN7O3S. The van der Waals surface area contributed by atoms with E-state index in [1.807, 2.05) is 0 Å². The number of hydrogen-bond donors (Lipinski definition) is 0. The van der Waals surface area contributed by atoms with Crippen molar-refractivity contribution >= 4 is 15.7 Å². The first-order chi connectivity index (χ1) is 15.7. The smallest absolute Gasteiger partial charge is 0.250 e. The first kappa shape index (κ1) is 21.5. The molecule has 5 rings (SSSR count). The SMILES string of the molecule is Cn1ccc(-c2cc3nccn3c(-c3cnn(C4(CCF)CN(S(C)(=O)=O)C4)c3)n2)cc1=O. The van der Waals surface area contributed by atoms with Crippen LogP contribution in [0.2, 0.25) is 0 Å². The Hall–Kier alpha value is -3.38. The van der Waals surface area contributed by atoms with E-state index in [0.29, 0.717) is 28.3 Å². The highest BCUT2D eigenvalue weighted by molar-refractivity contribution is 7.88. The van der Waals surface area contributed by atoms with Gasteiger partial charge in [0.15, 0.2) is 0 Å². The second-order valence-electron chi connectivity index (χ2n) is 8.35. The molecule has 0 N–H and O–H groups in total. The van der Waals surface area contributed by atoms with Crippen molar-refractivity contribution in [2.75, 3.05) is 26.0 Å². The number of aryl methyl sites for hydroxylation is 1. The third-order valence-electron chi connectivity index (χ3n) is 6.09. The third-order valence-corrected chi connectivity index (χ3v) is 7.28. The average Bonchev–Trinajstić information content (AvgIpc) is 3.40. The molecule has 5 heterocycles. The predicted octanol–water partition coefficient (Wildman–Crippen LogP) is 1.29. The highest BCUT2D eigenvalue weighted by Gasteiger charge is 2.48. The van der Waals surface area contributed by atoms with E-state index in [2.05, 4.69) is 10.1 Å². The zero-order valence-electron chi connectivity index (χ0n) is 18.1. The number of hydrogen-bond acceptors (Lipinski definition) is 6. The fraction of sp³-hybridized carbons (Fsp3) is 0.333. The molecule has 0 radical (unpaired) electrons. The van der Waals surface area contributed by atoms with Crippen molar-refractivity contribution in [2.24, 2.45) is 7.05 Å². The number of rotatable bonds is 6. The molecule has 0 aliphatic carbocycles. The van der Waals surface area contributed by atoms with Gasteiger partial charge >= 0.3 is 0 Å². The van der Waals surface area contributed by atoms with Gasteiger partial charge in [-0.1, -0.05) is 0 Å². The Kier molecular flexibility index (Phi) is 4.94. The van der Waals surface area contributed by atoms with Crippen molar-refractivity contribution in [1.82, 2.24) is 33.0 Å². The molecule has 4 aromatic rings. The van der Waals surface area contributed by atoms with Gasteiger partial charge in [-0.05, 0) is 6.07 Å². The summed E-state index contributed by atoms with van der Waals surface area (Å²) in [5.41, 5.74) is 1.66. The molecular weight excluding hydrogens is 449 g/mol. The van der Waals surface area contributed by atoms with Crippen molar-refractivity contribution in [3.8, 4) is 22.6 Å². The summed E-state index contributed by atoms with van der Waals surface area (Å²) in [4.78, 5) is 21.3. The van der Waals surface area contributed by atoms with E-state index in [1.54, 1.807) is 59.2 Å². The van der Waals surface area contributed by atoms with Crippen LogP contribution in [0.25, 0.3) is 28.3 Å². The molecule has 12 heteroatoms. The van der Waals surface area contributed by atoms with Gasteiger partial charge in [0.25, 0.3) is 5.56 Å². The van der Waals surface area contributed by atoms with Crippen LogP contribution in [-0.2, 0) is 22.6 Å². The van der Waals surface area contributed by atoms with Gasteiger partial charge in [0.1, 0.15) is 11.5 Å². The number of pyridine rings is 1. The minimum Gasteiger partial charge on any atom is -0.319 e. The summed E-state index contributed by atoms with van der Waals surface area (Å²) in [5, 5.41) is 4.44. The summed E-state index contributed by atoms with van der Waals surface area (Å²) in [6, 6.07) is 5.11. The highest BCUT2D eigenvalue weighted by atomic mass is 32.2. The molecule has 4 aromatic heterocycles. The molecule has 0 saturated carbocycles. The van der Waals surface area contributed by atoms with Crippen molar-refractivity contribution in [1.29, 1.82) is 0 Å². The van der Waals surface area contributed by atoms with Crippen LogP contribution in [0, 0.1) is 0 Å². The number of alkyl halides is 1. The summed E-state index contributed by atoms with van der Waals surface area (Å²) in [7, 11) is -1.68. The van der Waals surface area contributed by atoms with E-state index in [-0.39, 0.29) is 25.1 Å². The Balaban J connectivity index is 1.57. The second-order valence-corrected chi connectivity index (χ2v) is 10.3. The Morgan fingerprint density at radius 3 is 2.67 bits per heavy atom. The van der Waals surface area contributed by atoms with E-state index in [1.165, 1.54) is 14.9 Å². The van der Waals surface area contributed by atoms with E-state index in [4.69, 9.17) is 4.98 Å². The van der Waals surface area contributed by atoms with E-state index >= 15 is 0 Å². The Morgan fingerprint density at radius 2 is 1.97 bits per heavy atom. The monoisotopic (exact) mass is 471 g/mol. The van der Waals surface area contributed by atoms with Crippen LogP contribution in [0.3, 0.4) is 0 Å². The van der Waals surface area contributed by atoms with Crippen LogP contribution in [0.4, 0.5) is 4.39 Å². The van der Waals surface area contributed by atoms with Crippen LogP contribution in [0.1, 0.15) is 6.42 Å². The molecule has 10 nitrogen and oxygen atoms in total. The minimum absolute atomic E-state index is 0.152. The molecule has 0 aromatic carbocycles. The molecule has 33 heavy (non-hydrogen) atoms. The summed E-state index contributed by atoms with van der Waals surface area (Å²) in [6.07, 6.45) is 9.78. The van der Waals surface area contributed by atoms with Gasteiger partial charge in [-0.25, -0.2) is 18.4 Å². The summed E-state index contributed by atoms with van der Waals surface area (Å²) < 4.78 is 43.3. The maximum atomic E-state index is 13.4. The fourth-order valence-electron chi connectivity index (χ4n) is 4.12. The van der Waals surface area contributed by atoms with Gasteiger partial charge in [-0.15, -0.1) is 0 Å². The lowest BCUT2D eigenvalue weighted by atomic mass is 9.89. The highest BCUT2D eigenvalue weighted by Crippen LogP contribution is 2.35. The molecule has 0 bridgehead atoms. The van der Waals surface area contributed by atoms with Crippen molar-refractivity contribution < 1.29 is 12.8 Å². The number of fused-ring (bicyclic) bond motifs is 1. The van der Waals surface area contributed by atoms with Gasteiger partial charge < -0.3 is 4.57 Å². The molecule has 1 aliphatic heterocycles. The lowest BCUT2D eigenvalue weighted by Gasteiger charge is -2.48. The van der Waals surface area contributed by atoms with E-state index in [9.17, 15) is 17.6 Å². The standard InChI is InChI=1S/C21H22FN7O3S/c1-26-7-3-15(9-19(26)30)17-10-18-23-6-8-28(18)20(25-17)16-11-24-29(12-16)21(4-5-22)13-27(14-21)33(2,31)32/h3,6-12H,4-5,13-14H2,1-2H3. The molecule has 1 aliphatic rings. The number of sulfonamides is 1. The lowest BCUT2D eigenvalue weighted by molar-refractivity contribution is 0.0520. The normalized spacial score (nSPS) is 16.2. The number of aromatic nitrogens is 6. The molecule has 0 amide bonds. The molecule has 1 fully saturated rings. The average molecular weight is 472 g/mol. The van der Waals surface area contributed by atoms with Gasteiger partial charge in [-0.2, -0.15) is 9.40 Å². The van der Waals surface area contributed by atoms with Gasteiger partial charge in [-0.3, -0.25) is 18.3 Å². The quantitative estimate of drug-likeness (QED) is 0.419. The first-order valence-corrected chi connectivity index (χ1v) is 12.1. The van der Waals surface area contributed by atoms with E-state index in [0.717, 1.165) is 6.26 Å². The molecule has 0 spiro atoms. The van der Waals surface area contributed by atoms with Crippen LogP contribution in [0.15, 0.2) is 54.0 Å². The maximum Gasteiger partial charge on any atom is 0.250 e. The van der Waals surface area contributed by atoms with Crippen LogP contribution in [0.5, 0.6) is 0 Å². The summed E-state index contributed by atoms with van der Waals surface area (Å²) in [5.74, 6) is 0.557. The topological polar surface area (TPSA) is 107 Å². The second kappa shape index (κ2) is 7.59. The molecule has 1 saturated heterocycles. The molecule has 0 atom stereocenters. The first-order valence-electron chi connectivity index (χ1n) is 10.3. The van der Waals surface area contributed by atoms with Crippen LogP contribution in [-0.4, -0.2) is 67.5 Å². The fourth-order valence-corrected chi connectivity index (χ4v) is 5.07. The lowest BCUT2D eigenvalue weighted by Crippen LogP contribution is -2.64. The molecule has 0 unspecified atom stereocenters. The predicted molar refractivity (Wildman–Crippen MR) is 120 cm³/mol. The maximum absolute atomic E-state index is 13.4. The Bertz CT molecular complexity index is 1520. The minimum atomic E-state index is -3.36. The number of imidazole rings is 1.